The summed E-state index contributed by atoms with van der Waals surface area (Å²) in [6.07, 6.45) is 0. The molecular formula is C13H21NO2S. The molecule has 0 aliphatic rings. The van der Waals surface area contributed by atoms with Gasteiger partial charge in [-0.25, -0.2) is 8.42 Å². The molecular weight excluding hydrogens is 234 g/mol. The van der Waals surface area contributed by atoms with E-state index in [4.69, 9.17) is 0 Å². The lowest BCUT2D eigenvalue weighted by Gasteiger charge is -2.27. The van der Waals surface area contributed by atoms with Crippen molar-refractivity contribution in [2.75, 3.05) is 26.4 Å². The topological polar surface area (TPSA) is 37.4 Å². The van der Waals surface area contributed by atoms with Gasteiger partial charge in [0, 0.05) is 6.54 Å². The predicted octanol–water partition coefficient (Wildman–Crippen LogP) is 2.05. The first-order valence-electron chi connectivity index (χ1n) is 5.65. The number of sulfone groups is 1. The molecule has 96 valence electrons. The molecule has 0 atom stereocenters. The van der Waals surface area contributed by atoms with Gasteiger partial charge in [0.1, 0.15) is 0 Å². The Morgan fingerprint density at radius 3 is 2.12 bits per heavy atom. The van der Waals surface area contributed by atoms with Crippen LogP contribution in [0.4, 0.5) is 0 Å². The van der Waals surface area contributed by atoms with E-state index in [1.807, 2.05) is 38.9 Å². The summed E-state index contributed by atoms with van der Waals surface area (Å²) in [5.74, 6) is 0.169. The summed E-state index contributed by atoms with van der Waals surface area (Å²) >= 11 is 0. The molecule has 0 fully saturated rings. The van der Waals surface area contributed by atoms with Crippen LogP contribution in [0.2, 0.25) is 0 Å². The molecule has 17 heavy (non-hydrogen) atoms. The maximum absolute atomic E-state index is 12.2. The molecule has 0 radical (unpaired) electrons. The van der Waals surface area contributed by atoms with Crippen LogP contribution in [-0.4, -0.2) is 39.7 Å². The van der Waals surface area contributed by atoms with Crippen molar-refractivity contribution < 1.29 is 8.42 Å². The maximum atomic E-state index is 12.2. The highest BCUT2D eigenvalue weighted by Gasteiger charge is 2.27. The van der Waals surface area contributed by atoms with Gasteiger partial charge in [0.15, 0.2) is 9.84 Å². The number of hydrogen-bond acceptors (Lipinski definition) is 3. The fourth-order valence-corrected chi connectivity index (χ4v) is 3.99. The van der Waals surface area contributed by atoms with Crippen LogP contribution >= 0.6 is 0 Å². The smallest absolute Gasteiger partial charge is 0.178 e. The minimum absolute atomic E-state index is 0.169. The van der Waals surface area contributed by atoms with Crippen LogP contribution in [0.25, 0.3) is 0 Å². The minimum Gasteiger partial charge on any atom is -0.309 e. The Morgan fingerprint density at radius 2 is 1.65 bits per heavy atom. The van der Waals surface area contributed by atoms with Gasteiger partial charge in [-0.1, -0.05) is 32.0 Å². The standard InChI is InChI=1S/C13H21NO2S/c1-13(2,10-14(3)4)11-17(15,16)12-8-6-5-7-9-12/h5-9H,10-11H2,1-4H3. The molecule has 0 aromatic heterocycles. The number of rotatable bonds is 5. The first-order chi connectivity index (χ1) is 7.73. The minimum atomic E-state index is -3.19. The second kappa shape index (κ2) is 5.19. The maximum Gasteiger partial charge on any atom is 0.178 e. The number of nitrogens with zero attached hydrogens (tertiary/aromatic N) is 1. The van der Waals surface area contributed by atoms with Crippen molar-refractivity contribution in [1.29, 1.82) is 0 Å². The molecule has 3 nitrogen and oxygen atoms in total. The van der Waals surface area contributed by atoms with E-state index in [9.17, 15) is 8.42 Å². The third kappa shape index (κ3) is 4.48. The highest BCUT2D eigenvalue weighted by atomic mass is 32.2. The first kappa shape index (κ1) is 14.2. The van der Waals surface area contributed by atoms with Gasteiger partial charge in [0.2, 0.25) is 0 Å². The lowest BCUT2D eigenvalue weighted by molar-refractivity contribution is 0.265. The molecule has 4 heteroatoms. The molecule has 0 amide bonds. The normalized spacial score (nSPS) is 13.0. The van der Waals surface area contributed by atoms with Crippen LogP contribution < -0.4 is 0 Å². The summed E-state index contributed by atoms with van der Waals surface area (Å²) < 4.78 is 24.4. The second-order valence-electron chi connectivity index (χ2n) is 5.47. The van der Waals surface area contributed by atoms with Crippen LogP contribution in [0.3, 0.4) is 0 Å². The Bertz CT molecular complexity index is 450. The zero-order valence-electron chi connectivity index (χ0n) is 11.0. The molecule has 1 aromatic carbocycles. The number of benzene rings is 1. The van der Waals surface area contributed by atoms with E-state index in [0.29, 0.717) is 4.90 Å². The van der Waals surface area contributed by atoms with Crippen molar-refractivity contribution in [3.05, 3.63) is 30.3 Å². The Hall–Kier alpha value is -0.870. The summed E-state index contributed by atoms with van der Waals surface area (Å²) in [4.78, 5) is 2.42. The fraction of sp³-hybridized carbons (Fsp3) is 0.538. The van der Waals surface area contributed by atoms with Crippen molar-refractivity contribution in [3.8, 4) is 0 Å². The van der Waals surface area contributed by atoms with Gasteiger partial charge in [-0.15, -0.1) is 0 Å². The molecule has 1 rings (SSSR count). The molecule has 0 heterocycles. The average Bonchev–Trinajstić information content (AvgIpc) is 2.15. The van der Waals surface area contributed by atoms with E-state index in [-0.39, 0.29) is 11.2 Å². The molecule has 0 saturated carbocycles. The largest absolute Gasteiger partial charge is 0.309 e. The third-order valence-electron chi connectivity index (χ3n) is 2.43. The van der Waals surface area contributed by atoms with Crippen molar-refractivity contribution in [2.24, 2.45) is 5.41 Å². The number of hydrogen-bond donors (Lipinski definition) is 0. The molecule has 0 saturated heterocycles. The average molecular weight is 255 g/mol. The molecule has 0 aliphatic heterocycles. The molecule has 0 spiro atoms. The van der Waals surface area contributed by atoms with E-state index in [1.54, 1.807) is 24.3 Å². The third-order valence-corrected chi connectivity index (χ3v) is 4.58. The van der Waals surface area contributed by atoms with Gasteiger partial charge in [0.25, 0.3) is 0 Å². The summed E-state index contributed by atoms with van der Waals surface area (Å²) in [7, 11) is 0.720. The quantitative estimate of drug-likeness (QED) is 0.808. The SMILES string of the molecule is CN(C)CC(C)(C)CS(=O)(=O)c1ccccc1. The second-order valence-corrected chi connectivity index (χ2v) is 7.46. The zero-order valence-corrected chi connectivity index (χ0v) is 11.8. The van der Waals surface area contributed by atoms with Crippen LogP contribution in [-0.2, 0) is 9.84 Å². The van der Waals surface area contributed by atoms with Crippen molar-refractivity contribution in [2.45, 2.75) is 18.7 Å². The zero-order chi connectivity index (χ0) is 13.1. The van der Waals surface area contributed by atoms with E-state index in [2.05, 4.69) is 0 Å². The van der Waals surface area contributed by atoms with Crippen LogP contribution in [0.5, 0.6) is 0 Å². The van der Waals surface area contributed by atoms with Gasteiger partial charge in [-0.05, 0) is 31.6 Å². The summed E-state index contributed by atoms with van der Waals surface area (Å²) in [5, 5.41) is 0. The summed E-state index contributed by atoms with van der Waals surface area (Å²) in [6, 6.07) is 8.64. The van der Waals surface area contributed by atoms with Crippen molar-refractivity contribution >= 4 is 9.84 Å². The Morgan fingerprint density at radius 1 is 1.12 bits per heavy atom. The molecule has 1 aromatic rings. The van der Waals surface area contributed by atoms with Crippen LogP contribution in [0, 0.1) is 5.41 Å². The first-order valence-corrected chi connectivity index (χ1v) is 7.31. The summed E-state index contributed by atoms with van der Waals surface area (Å²) in [5.41, 5.74) is -0.252. The lowest BCUT2D eigenvalue weighted by atomic mass is 9.96. The molecule has 0 bridgehead atoms. The monoisotopic (exact) mass is 255 g/mol. The van der Waals surface area contributed by atoms with Crippen LogP contribution in [0.1, 0.15) is 13.8 Å². The molecule has 0 N–H and O–H groups in total. The van der Waals surface area contributed by atoms with Crippen molar-refractivity contribution in [3.63, 3.8) is 0 Å². The fourth-order valence-electron chi connectivity index (χ4n) is 2.13. The van der Waals surface area contributed by atoms with Crippen molar-refractivity contribution in [1.82, 2.24) is 4.90 Å². The van der Waals surface area contributed by atoms with Gasteiger partial charge in [-0.3, -0.25) is 0 Å². The van der Waals surface area contributed by atoms with E-state index < -0.39 is 9.84 Å². The Kier molecular flexibility index (Phi) is 4.33. The van der Waals surface area contributed by atoms with Gasteiger partial charge in [0.05, 0.1) is 10.6 Å². The summed E-state index contributed by atoms with van der Waals surface area (Å²) in [6.45, 7) is 4.71. The van der Waals surface area contributed by atoms with Crippen LogP contribution in [0.15, 0.2) is 35.2 Å². The Balaban J connectivity index is 2.88. The van der Waals surface area contributed by atoms with Gasteiger partial charge < -0.3 is 4.90 Å². The van der Waals surface area contributed by atoms with E-state index in [1.165, 1.54) is 0 Å². The lowest BCUT2D eigenvalue weighted by Crippen LogP contribution is -2.34. The van der Waals surface area contributed by atoms with E-state index >= 15 is 0 Å². The highest BCUT2D eigenvalue weighted by molar-refractivity contribution is 7.91. The highest BCUT2D eigenvalue weighted by Crippen LogP contribution is 2.23. The van der Waals surface area contributed by atoms with Gasteiger partial charge >= 0.3 is 0 Å². The Labute approximate surface area is 104 Å². The predicted molar refractivity (Wildman–Crippen MR) is 70.8 cm³/mol. The van der Waals surface area contributed by atoms with E-state index in [0.717, 1.165) is 6.54 Å². The van der Waals surface area contributed by atoms with Gasteiger partial charge in [-0.2, -0.15) is 0 Å². The molecule has 0 unspecified atom stereocenters. The molecule has 0 aliphatic carbocycles.